The number of hydrogen-bond donors (Lipinski definition) is 4. The van der Waals surface area contributed by atoms with Crippen molar-refractivity contribution in [3.05, 3.63) is 62.7 Å². The molecule has 2 saturated heterocycles. The average molecular weight is 762 g/mol. The Labute approximate surface area is 316 Å². The molecular weight excluding hydrogens is 719 g/mol. The zero-order chi connectivity index (χ0) is 38.1. The van der Waals surface area contributed by atoms with Gasteiger partial charge in [-0.25, -0.2) is 4.79 Å². The van der Waals surface area contributed by atoms with Crippen molar-refractivity contribution in [1.82, 2.24) is 15.1 Å². The van der Waals surface area contributed by atoms with Gasteiger partial charge >= 0.3 is 11.9 Å². The Morgan fingerprint density at radius 2 is 1.80 bits per heavy atom. The van der Waals surface area contributed by atoms with E-state index in [-0.39, 0.29) is 49.4 Å². The van der Waals surface area contributed by atoms with Gasteiger partial charge in [0.15, 0.2) is 40.0 Å². The van der Waals surface area contributed by atoms with Crippen LogP contribution in [-0.2, 0) is 38.2 Å². The van der Waals surface area contributed by atoms with Crippen molar-refractivity contribution in [3.63, 3.8) is 0 Å². The lowest BCUT2D eigenvalue weighted by atomic mass is 9.64. The molecule has 2 fully saturated rings. The second-order valence-corrected chi connectivity index (χ2v) is 16.3. The number of fused-ring (bicyclic) bond motifs is 6. The van der Waals surface area contributed by atoms with Crippen LogP contribution >= 0.6 is 11.8 Å². The summed E-state index contributed by atoms with van der Waals surface area (Å²) >= 11 is 1.44. The van der Waals surface area contributed by atoms with E-state index in [1.54, 1.807) is 12.1 Å². The lowest BCUT2D eigenvalue weighted by Gasteiger charge is -2.68. The SMILES string of the molecule is COc1cc2c(cc1O)CCNC21CSC2c3c(OC(C)=O)c(C)c4c(c3C(COC1=O)N1C3(O)Cc5cc(C)c(OC)c(O)c5C21CN(C)C3)OCO4. The van der Waals surface area contributed by atoms with Gasteiger partial charge in [0.05, 0.1) is 31.1 Å². The van der Waals surface area contributed by atoms with Crippen LogP contribution in [0.5, 0.6) is 40.2 Å². The maximum atomic E-state index is 14.8. The number of carbonyl (C=O) groups is 2. The van der Waals surface area contributed by atoms with Crippen LogP contribution in [-0.4, -0.2) is 103 Å². The van der Waals surface area contributed by atoms with E-state index in [1.165, 1.54) is 32.9 Å². The minimum Gasteiger partial charge on any atom is -0.504 e. The highest BCUT2D eigenvalue weighted by molar-refractivity contribution is 7.99. The van der Waals surface area contributed by atoms with Crippen LogP contribution < -0.4 is 29.0 Å². The minimum atomic E-state index is -1.52. The number of ether oxygens (including phenoxy) is 6. The number of phenolic OH excluding ortho intramolecular Hbond substituents is 2. The van der Waals surface area contributed by atoms with Gasteiger partial charge in [0.2, 0.25) is 6.79 Å². The fourth-order valence-electron chi connectivity index (χ4n) is 10.4. The Balaban J connectivity index is 1.39. The predicted octanol–water partition coefficient (Wildman–Crippen LogP) is 3.20. The van der Waals surface area contributed by atoms with Crippen LogP contribution in [0.4, 0.5) is 0 Å². The first-order valence-corrected chi connectivity index (χ1v) is 19.0. The van der Waals surface area contributed by atoms with Crippen LogP contribution in [0.25, 0.3) is 0 Å². The van der Waals surface area contributed by atoms with Gasteiger partial charge in [-0.05, 0) is 61.7 Å². The Kier molecular flexibility index (Phi) is 7.87. The highest BCUT2D eigenvalue weighted by Crippen LogP contribution is 2.70. The number of likely N-dealkylation sites (N-methyl/N-ethyl adjacent to an activating group) is 1. The normalized spacial score (nSPS) is 30.4. The predicted molar refractivity (Wildman–Crippen MR) is 195 cm³/mol. The second-order valence-electron chi connectivity index (χ2n) is 15.2. The number of carbonyl (C=O) groups excluding carboxylic acids is 2. The van der Waals surface area contributed by atoms with E-state index in [4.69, 9.17) is 28.4 Å². The van der Waals surface area contributed by atoms with Gasteiger partial charge in [-0.3, -0.25) is 19.9 Å². The summed E-state index contributed by atoms with van der Waals surface area (Å²) in [5.74, 6) is 0.647. The Bertz CT molecular complexity index is 2160. The number of piperazine rings is 1. The lowest BCUT2D eigenvalue weighted by molar-refractivity contribution is -0.248. The number of methoxy groups -OCH3 is 2. The van der Waals surface area contributed by atoms with Gasteiger partial charge in [0, 0.05) is 61.0 Å². The van der Waals surface area contributed by atoms with Crippen LogP contribution in [0.1, 0.15) is 62.7 Å². The molecule has 0 aliphatic carbocycles. The summed E-state index contributed by atoms with van der Waals surface area (Å²) in [7, 11) is 4.91. The Hall–Kier alpha value is -4.41. The monoisotopic (exact) mass is 761 g/mol. The molecule has 286 valence electrons. The number of esters is 2. The molecule has 6 atom stereocenters. The van der Waals surface area contributed by atoms with Crippen LogP contribution in [0.15, 0.2) is 18.2 Å². The summed E-state index contributed by atoms with van der Waals surface area (Å²) in [6.07, 6.45) is 0.713. The van der Waals surface area contributed by atoms with Crippen molar-refractivity contribution in [2.75, 3.05) is 60.1 Å². The number of aryl methyl sites for hydroxylation is 1. The Morgan fingerprint density at radius 3 is 2.54 bits per heavy atom. The second kappa shape index (κ2) is 12.0. The molecule has 0 aromatic heterocycles. The van der Waals surface area contributed by atoms with Crippen molar-refractivity contribution in [2.24, 2.45) is 0 Å². The molecular formula is C39H43N3O11S. The summed E-state index contributed by atoms with van der Waals surface area (Å²) in [6.45, 7) is 5.72. The summed E-state index contributed by atoms with van der Waals surface area (Å²) in [4.78, 5) is 31.8. The quantitative estimate of drug-likeness (QED) is 0.227. The topological polar surface area (TPSA) is 169 Å². The molecule has 10 rings (SSSR count). The zero-order valence-corrected chi connectivity index (χ0v) is 31.8. The highest BCUT2D eigenvalue weighted by Gasteiger charge is 2.69. The van der Waals surface area contributed by atoms with Gasteiger partial charge in [0.1, 0.15) is 18.1 Å². The molecule has 3 aromatic carbocycles. The first-order chi connectivity index (χ1) is 25.8. The number of nitrogens with zero attached hydrogens (tertiary/aromatic N) is 2. The molecule has 15 heteroatoms. The number of aromatic hydroxyl groups is 2. The summed E-state index contributed by atoms with van der Waals surface area (Å²) in [5.41, 5.74) is 1.14. The number of phenols is 2. The molecule has 4 bridgehead atoms. The smallest absolute Gasteiger partial charge is 0.331 e. The molecule has 3 aromatic rings. The van der Waals surface area contributed by atoms with Crippen molar-refractivity contribution in [2.45, 2.75) is 61.7 Å². The molecule has 7 aliphatic heterocycles. The first-order valence-electron chi connectivity index (χ1n) is 18.0. The van der Waals surface area contributed by atoms with Crippen molar-refractivity contribution >= 4 is 23.7 Å². The van der Waals surface area contributed by atoms with Gasteiger partial charge in [-0.2, -0.15) is 0 Å². The Morgan fingerprint density at radius 1 is 1.02 bits per heavy atom. The van der Waals surface area contributed by atoms with Crippen molar-refractivity contribution < 1.29 is 53.3 Å². The van der Waals surface area contributed by atoms with E-state index in [2.05, 4.69) is 10.2 Å². The summed E-state index contributed by atoms with van der Waals surface area (Å²) in [5, 5.41) is 39.0. The number of thioether (sulfide) groups is 1. The third-order valence-corrected chi connectivity index (χ3v) is 13.6. The fourth-order valence-corrected chi connectivity index (χ4v) is 12.1. The molecule has 0 saturated carbocycles. The maximum absolute atomic E-state index is 14.8. The molecule has 1 spiro atoms. The van der Waals surface area contributed by atoms with E-state index < -0.39 is 40.0 Å². The molecule has 4 N–H and O–H groups in total. The number of β-amino-alcohol motifs (C(OH)–C–C–N with tert-alkyl or cyclic N) is 1. The number of aliphatic hydroxyl groups is 1. The van der Waals surface area contributed by atoms with E-state index in [1.807, 2.05) is 31.9 Å². The molecule has 0 amide bonds. The average Bonchev–Trinajstić information content (AvgIpc) is 3.60. The number of hydrogen-bond acceptors (Lipinski definition) is 15. The minimum absolute atomic E-state index is 0.0302. The van der Waals surface area contributed by atoms with Crippen molar-refractivity contribution in [1.29, 1.82) is 0 Å². The number of benzene rings is 3. The van der Waals surface area contributed by atoms with Crippen LogP contribution in [0, 0.1) is 13.8 Å². The third-order valence-electron chi connectivity index (χ3n) is 12.1. The number of nitrogens with one attached hydrogen (secondary N) is 1. The van der Waals surface area contributed by atoms with Crippen molar-refractivity contribution in [3.8, 4) is 40.2 Å². The molecule has 54 heavy (non-hydrogen) atoms. The van der Waals surface area contributed by atoms with E-state index in [0.717, 1.165) is 16.7 Å². The molecule has 0 radical (unpaired) electrons. The first kappa shape index (κ1) is 35.3. The lowest BCUT2D eigenvalue weighted by Crippen LogP contribution is -2.77. The highest BCUT2D eigenvalue weighted by atomic mass is 32.2. The van der Waals surface area contributed by atoms with Gasteiger partial charge in [0.25, 0.3) is 0 Å². The van der Waals surface area contributed by atoms with Crippen LogP contribution in [0.3, 0.4) is 0 Å². The van der Waals surface area contributed by atoms with Crippen LogP contribution in [0.2, 0.25) is 0 Å². The summed E-state index contributed by atoms with van der Waals surface area (Å²) < 4.78 is 36.2. The number of rotatable bonds is 3. The van der Waals surface area contributed by atoms with Gasteiger partial charge < -0.3 is 43.7 Å². The molecule has 7 heterocycles. The molecule has 7 aliphatic rings. The van der Waals surface area contributed by atoms with E-state index in [0.29, 0.717) is 70.3 Å². The summed E-state index contributed by atoms with van der Waals surface area (Å²) in [6, 6.07) is 4.44. The van der Waals surface area contributed by atoms with E-state index in [9.17, 15) is 24.9 Å². The largest absolute Gasteiger partial charge is 0.504 e. The fraction of sp³-hybridized carbons (Fsp3) is 0.487. The van der Waals surface area contributed by atoms with Gasteiger partial charge in [-0.1, -0.05) is 6.07 Å². The van der Waals surface area contributed by atoms with E-state index >= 15 is 0 Å². The standard InChI is InChI=1S/C39H43N3O11S/c1-18-9-22-12-37(47)14-41(4)15-39(29(22)30(45)31(18)49-6)35-28-27(34-33(51-17-52-34)19(2)32(28)53-20(3)43)24(42(37)39)13-50-36(46)38(16-54-35)23-11-26(48-5)25(44)10-21(23)7-8-40-38/h9-11,24,35,40,44-45,47H,7-8,12-17H2,1-6H3. The zero-order valence-electron chi connectivity index (χ0n) is 31.0. The molecule has 14 nitrogen and oxygen atoms in total. The molecule has 6 unspecified atom stereocenters. The maximum Gasteiger partial charge on any atom is 0.331 e. The van der Waals surface area contributed by atoms with Gasteiger partial charge in [-0.15, -0.1) is 11.8 Å². The third kappa shape index (κ3) is 4.56.